The highest BCUT2D eigenvalue weighted by atomic mass is 16.3. The Kier molecular flexibility index (Phi) is 2.77. The monoisotopic (exact) mass is 215 g/mol. The number of amides is 1. The number of furan rings is 1. The molecule has 0 atom stereocenters. The van der Waals surface area contributed by atoms with Crippen LogP contribution in [0.2, 0.25) is 0 Å². The lowest BCUT2D eigenvalue weighted by atomic mass is 10.2. The summed E-state index contributed by atoms with van der Waals surface area (Å²) < 4.78 is 5.08. The zero-order valence-electron chi connectivity index (χ0n) is 9.28. The molecule has 0 spiro atoms. The molecule has 3 heteroatoms. The summed E-state index contributed by atoms with van der Waals surface area (Å²) >= 11 is 0. The molecule has 0 unspecified atom stereocenters. The number of carbonyl (C=O) groups excluding carboxylic acids is 1. The van der Waals surface area contributed by atoms with Crippen molar-refractivity contribution in [3.8, 4) is 0 Å². The first-order valence-electron chi connectivity index (χ1n) is 5.09. The SMILES string of the molecule is Cc1ccc(NC(=O)c2ccoc2C)cc1. The van der Waals surface area contributed by atoms with Gasteiger partial charge in [-0.3, -0.25) is 4.79 Å². The molecule has 1 aromatic carbocycles. The van der Waals surface area contributed by atoms with Gasteiger partial charge in [0.2, 0.25) is 0 Å². The molecule has 0 saturated heterocycles. The number of aryl methyl sites for hydroxylation is 2. The summed E-state index contributed by atoms with van der Waals surface area (Å²) in [5.41, 5.74) is 2.52. The highest BCUT2D eigenvalue weighted by Crippen LogP contribution is 2.13. The van der Waals surface area contributed by atoms with Crippen LogP contribution in [0.25, 0.3) is 0 Å². The Labute approximate surface area is 94.1 Å². The third-order valence-electron chi connectivity index (χ3n) is 2.41. The Morgan fingerprint density at radius 2 is 1.81 bits per heavy atom. The molecular formula is C13H13NO2. The molecule has 1 amide bonds. The molecule has 1 aromatic heterocycles. The molecule has 0 radical (unpaired) electrons. The molecule has 0 bridgehead atoms. The molecule has 0 aliphatic rings. The van der Waals surface area contributed by atoms with Crippen molar-refractivity contribution in [1.29, 1.82) is 0 Å². The van der Waals surface area contributed by atoms with Gasteiger partial charge in [-0.25, -0.2) is 0 Å². The van der Waals surface area contributed by atoms with Crippen LogP contribution in [-0.2, 0) is 0 Å². The molecule has 0 aliphatic heterocycles. The molecule has 2 rings (SSSR count). The average Bonchev–Trinajstić information content (AvgIpc) is 2.68. The van der Waals surface area contributed by atoms with E-state index in [1.807, 2.05) is 31.2 Å². The summed E-state index contributed by atoms with van der Waals surface area (Å²) in [5.74, 6) is 0.486. The Morgan fingerprint density at radius 3 is 2.38 bits per heavy atom. The second-order valence-electron chi connectivity index (χ2n) is 3.71. The summed E-state index contributed by atoms with van der Waals surface area (Å²) in [4.78, 5) is 11.8. The van der Waals surface area contributed by atoms with Gasteiger partial charge in [-0.2, -0.15) is 0 Å². The number of rotatable bonds is 2. The van der Waals surface area contributed by atoms with Crippen LogP contribution in [-0.4, -0.2) is 5.91 Å². The van der Waals surface area contributed by atoms with Crippen LogP contribution in [0.1, 0.15) is 21.7 Å². The van der Waals surface area contributed by atoms with E-state index in [1.54, 1.807) is 13.0 Å². The zero-order chi connectivity index (χ0) is 11.5. The maximum Gasteiger partial charge on any atom is 0.259 e. The molecule has 82 valence electrons. The van der Waals surface area contributed by atoms with E-state index in [2.05, 4.69) is 5.32 Å². The van der Waals surface area contributed by atoms with Crippen LogP contribution in [0, 0.1) is 13.8 Å². The lowest BCUT2D eigenvalue weighted by Crippen LogP contribution is -2.11. The van der Waals surface area contributed by atoms with Gasteiger partial charge in [-0.1, -0.05) is 17.7 Å². The second kappa shape index (κ2) is 4.23. The molecule has 0 aliphatic carbocycles. The lowest BCUT2D eigenvalue weighted by molar-refractivity contribution is 0.102. The summed E-state index contributed by atoms with van der Waals surface area (Å²) in [7, 11) is 0. The predicted molar refractivity (Wildman–Crippen MR) is 62.6 cm³/mol. The Hall–Kier alpha value is -2.03. The van der Waals surface area contributed by atoms with Crippen molar-refractivity contribution < 1.29 is 9.21 Å². The summed E-state index contributed by atoms with van der Waals surface area (Å²) in [6.07, 6.45) is 1.51. The maximum atomic E-state index is 11.8. The van der Waals surface area contributed by atoms with E-state index in [1.165, 1.54) is 6.26 Å². The van der Waals surface area contributed by atoms with Gasteiger partial charge in [-0.05, 0) is 32.0 Å². The Morgan fingerprint density at radius 1 is 1.12 bits per heavy atom. The minimum atomic E-state index is -0.143. The van der Waals surface area contributed by atoms with Gasteiger partial charge >= 0.3 is 0 Å². The number of anilines is 1. The van der Waals surface area contributed by atoms with Crippen molar-refractivity contribution >= 4 is 11.6 Å². The van der Waals surface area contributed by atoms with Gasteiger partial charge in [0.05, 0.1) is 11.8 Å². The minimum Gasteiger partial charge on any atom is -0.469 e. The van der Waals surface area contributed by atoms with E-state index >= 15 is 0 Å². The smallest absolute Gasteiger partial charge is 0.259 e. The second-order valence-corrected chi connectivity index (χ2v) is 3.71. The largest absolute Gasteiger partial charge is 0.469 e. The number of hydrogen-bond acceptors (Lipinski definition) is 2. The summed E-state index contributed by atoms with van der Waals surface area (Å²) in [6.45, 7) is 3.77. The Balaban J connectivity index is 2.14. The van der Waals surface area contributed by atoms with E-state index in [0.29, 0.717) is 11.3 Å². The highest BCUT2D eigenvalue weighted by molar-refractivity contribution is 6.04. The van der Waals surface area contributed by atoms with Crippen molar-refractivity contribution in [2.45, 2.75) is 13.8 Å². The van der Waals surface area contributed by atoms with Gasteiger partial charge in [-0.15, -0.1) is 0 Å². The molecule has 1 heterocycles. The molecule has 3 nitrogen and oxygen atoms in total. The number of benzene rings is 1. The zero-order valence-corrected chi connectivity index (χ0v) is 9.28. The van der Waals surface area contributed by atoms with E-state index < -0.39 is 0 Å². The van der Waals surface area contributed by atoms with Crippen LogP contribution < -0.4 is 5.32 Å². The van der Waals surface area contributed by atoms with Gasteiger partial charge < -0.3 is 9.73 Å². The number of carbonyl (C=O) groups is 1. The number of nitrogens with one attached hydrogen (secondary N) is 1. The average molecular weight is 215 g/mol. The molecule has 16 heavy (non-hydrogen) atoms. The molecule has 1 N–H and O–H groups in total. The topological polar surface area (TPSA) is 42.2 Å². The molecule has 0 saturated carbocycles. The third-order valence-corrected chi connectivity index (χ3v) is 2.41. The maximum absolute atomic E-state index is 11.8. The Bertz CT molecular complexity index is 497. The van der Waals surface area contributed by atoms with Crippen molar-refractivity contribution in [2.24, 2.45) is 0 Å². The summed E-state index contributed by atoms with van der Waals surface area (Å²) in [6, 6.07) is 9.33. The quantitative estimate of drug-likeness (QED) is 0.836. The van der Waals surface area contributed by atoms with Crippen molar-refractivity contribution in [2.75, 3.05) is 5.32 Å². The van der Waals surface area contributed by atoms with Gasteiger partial charge in [0.25, 0.3) is 5.91 Å². The fourth-order valence-electron chi connectivity index (χ4n) is 1.46. The third kappa shape index (κ3) is 2.14. The lowest BCUT2D eigenvalue weighted by Gasteiger charge is -2.04. The van der Waals surface area contributed by atoms with Crippen LogP contribution in [0.4, 0.5) is 5.69 Å². The molecular weight excluding hydrogens is 202 g/mol. The fourth-order valence-corrected chi connectivity index (χ4v) is 1.46. The van der Waals surface area contributed by atoms with Crippen LogP contribution >= 0.6 is 0 Å². The first-order chi connectivity index (χ1) is 7.66. The van der Waals surface area contributed by atoms with Crippen molar-refractivity contribution in [3.05, 3.63) is 53.5 Å². The van der Waals surface area contributed by atoms with Crippen LogP contribution in [0.15, 0.2) is 41.0 Å². The molecule has 0 fully saturated rings. The predicted octanol–water partition coefficient (Wildman–Crippen LogP) is 3.15. The van der Waals surface area contributed by atoms with Crippen molar-refractivity contribution in [1.82, 2.24) is 0 Å². The summed E-state index contributed by atoms with van der Waals surface area (Å²) in [5, 5.41) is 2.81. The van der Waals surface area contributed by atoms with Crippen LogP contribution in [0.5, 0.6) is 0 Å². The van der Waals surface area contributed by atoms with Gasteiger partial charge in [0, 0.05) is 5.69 Å². The minimum absolute atomic E-state index is 0.143. The van der Waals surface area contributed by atoms with E-state index in [0.717, 1.165) is 11.3 Å². The first-order valence-corrected chi connectivity index (χ1v) is 5.09. The van der Waals surface area contributed by atoms with E-state index in [4.69, 9.17) is 4.42 Å². The van der Waals surface area contributed by atoms with E-state index in [9.17, 15) is 4.79 Å². The van der Waals surface area contributed by atoms with E-state index in [-0.39, 0.29) is 5.91 Å². The van der Waals surface area contributed by atoms with Crippen molar-refractivity contribution in [3.63, 3.8) is 0 Å². The first kappa shape index (κ1) is 10.5. The standard InChI is InChI=1S/C13H13NO2/c1-9-3-5-11(6-4-9)14-13(15)12-7-8-16-10(12)2/h3-8H,1-2H3,(H,14,15). The van der Waals surface area contributed by atoms with Gasteiger partial charge in [0.1, 0.15) is 5.76 Å². The van der Waals surface area contributed by atoms with Gasteiger partial charge in [0.15, 0.2) is 0 Å². The molecule has 2 aromatic rings. The highest BCUT2D eigenvalue weighted by Gasteiger charge is 2.10. The normalized spacial score (nSPS) is 10.1. The number of hydrogen-bond donors (Lipinski definition) is 1. The van der Waals surface area contributed by atoms with Crippen LogP contribution in [0.3, 0.4) is 0 Å². The fraction of sp³-hybridized carbons (Fsp3) is 0.154.